The molecule has 0 radical (unpaired) electrons. The second-order valence-electron chi connectivity index (χ2n) is 6.44. The van der Waals surface area contributed by atoms with Crippen molar-refractivity contribution in [3.05, 3.63) is 35.5 Å². The van der Waals surface area contributed by atoms with Gasteiger partial charge in [0.2, 0.25) is 5.76 Å². The number of furan rings is 1. The molecule has 9 nitrogen and oxygen atoms in total. The second-order valence-corrected chi connectivity index (χ2v) is 6.44. The molecule has 3 heterocycles. The van der Waals surface area contributed by atoms with Crippen molar-refractivity contribution in [3.63, 3.8) is 0 Å². The molecule has 2 aromatic heterocycles. The normalized spacial score (nSPS) is 14.9. The number of carbonyl (C=O) groups excluding carboxylic acids is 2. The largest absolute Gasteiger partial charge is 0.460 e. The Morgan fingerprint density at radius 3 is 2.81 bits per heavy atom. The standard InChI is InChI=1S/C18H25N5O4/c1-2-26-18(25)16-7-6-14(27-16)12-19-17(24)15-13-23(21-20-15)11-10-22-8-4-3-5-9-22/h6-7,13H,2-5,8-12H2,1H3,(H,19,24). The summed E-state index contributed by atoms with van der Waals surface area (Å²) < 4.78 is 11.9. The Morgan fingerprint density at radius 2 is 2.04 bits per heavy atom. The van der Waals surface area contributed by atoms with Crippen LogP contribution in [0.25, 0.3) is 0 Å². The molecular weight excluding hydrogens is 350 g/mol. The van der Waals surface area contributed by atoms with E-state index in [-0.39, 0.29) is 30.5 Å². The minimum atomic E-state index is -0.522. The summed E-state index contributed by atoms with van der Waals surface area (Å²) in [6.45, 7) is 6.02. The van der Waals surface area contributed by atoms with Crippen LogP contribution in [0.4, 0.5) is 0 Å². The highest BCUT2D eigenvalue weighted by atomic mass is 16.5. The Hall–Kier alpha value is -2.68. The van der Waals surface area contributed by atoms with Gasteiger partial charge in [-0.2, -0.15) is 0 Å². The maximum Gasteiger partial charge on any atom is 0.374 e. The molecule has 0 spiro atoms. The molecule has 0 saturated carbocycles. The van der Waals surface area contributed by atoms with Crippen molar-refractivity contribution < 1.29 is 18.7 Å². The predicted molar refractivity (Wildman–Crippen MR) is 96.1 cm³/mol. The molecule has 0 unspecified atom stereocenters. The number of esters is 1. The van der Waals surface area contributed by atoms with Crippen LogP contribution in [0, 0.1) is 0 Å². The van der Waals surface area contributed by atoms with E-state index in [1.807, 2.05) is 0 Å². The maximum absolute atomic E-state index is 12.2. The van der Waals surface area contributed by atoms with E-state index in [2.05, 4.69) is 20.5 Å². The Bertz CT molecular complexity index is 763. The number of hydrogen-bond acceptors (Lipinski definition) is 7. The molecule has 1 N–H and O–H groups in total. The first kappa shape index (κ1) is 19.1. The lowest BCUT2D eigenvalue weighted by Gasteiger charge is -2.25. The third-order valence-electron chi connectivity index (χ3n) is 4.43. The highest BCUT2D eigenvalue weighted by Gasteiger charge is 2.15. The molecule has 0 aromatic carbocycles. The van der Waals surface area contributed by atoms with Gasteiger partial charge in [0.1, 0.15) is 5.76 Å². The molecular formula is C18H25N5O4. The lowest BCUT2D eigenvalue weighted by molar-refractivity contribution is 0.0488. The number of piperidine rings is 1. The summed E-state index contributed by atoms with van der Waals surface area (Å²) in [6, 6.07) is 3.15. The van der Waals surface area contributed by atoms with Crippen molar-refractivity contribution in [2.45, 2.75) is 39.3 Å². The quantitative estimate of drug-likeness (QED) is 0.697. The molecule has 0 atom stereocenters. The number of amides is 1. The van der Waals surface area contributed by atoms with Crippen LogP contribution in [0.1, 0.15) is 53.0 Å². The summed E-state index contributed by atoms with van der Waals surface area (Å²) in [5.41, 5.74) is 0.255. The van der Waals surface area contributed by atoms with Crippen molar-refractivity contribution in [2.75, 3.05) is 26.2 Å². The fourth-order valence-electron chi connectivity index (χ4n) is 2.98. The van der Waals surface area contributed by atoms with E-state index in [1.54, 1.807) is 23.9 Å². The molecule has 1 saturated heterocycles. The van der Waals surface area contributed by atoms with Crippen molar-refractivity contribution >= 4 is 11.9 Å². The van der Waals surface area contributed by atoms with Crippen LogP contribution in [-0.2, 0) is 17.8 Å². The smallest absolute Gasteiger partial charge is 0.374 e. The molecule has 1 aliphatic heterocycles. The second kappa shape index (κ2) is 9.31. The third-order valence-corrected chi connectivity index (χ3v) is 4.43. The van der Waals surface area contributed by atoms with Crippen LogP contribution >= 0.6 is 0 Å². The molecule has 146 valence electrons. The van der Waals surface area contributed by atoms with E-state index >= 15 is 0 Å². The van der Waals surface area contributed by atoms with Crippen LogP contribution in [-0.4, -0.2) is 58.0 Å². The van der Waals surface area contributed by atoms with Crippen LogP contribution in [0.3, 0.4) is 0 Å². The van der Waals surface area contributed by atoms with E-state index in [1.165, 1.54) is 25.3 Å². The zero-order valence-electron chi connectivity index (χ0n) is 15.5. The van der Waals surface area contributed by atoms with Gasteiger partial charge in [-0.3, -0.25) is 9.48 Å². The van der Waals surface area contributed by atoms with Crippen molar-refractivity contribution in [2.24, 2.45) is 0 Å². The van der Waals surface area contributed by atoms with E-state index < -0.39 is 5.97 Å². The number of likely N-dealkylation sites (tertiary alicyclic amines) is 1. The van der Waals surface area contributed by atoms with Crippen LogP contribution in [0.5, 0.6) is 0 Å². The minimum absolute atomic E-state index is 0.116. The average Bonchev–Trinajstić information content (AvgIpc) is 3.35. The topological polar surface area (TPSA) is 102 Å². The minimum Gasteiger partial charge on any atom is -0.460 e. The summed E-state index contributed by atoms with van der Waals surface area (Å²) >= 11 is 0. The van der Waals surface area contributed by atoms with Gasteiger partial charge in [-0.25, -0.2) is 4.79 Å². The number of rotatable bonds is 8. The van der Waals surface area contributed by atoms with Crippen LogP contribution in [0.15, 0.2) is 22.7 Å². The molecule has 1 amide bonds. The number of aromatic nitrogens is 3. The van der Waals surface area contributed by atoms with Crippen LogP contribution < -0.4 is 5.32 Å². The molecule has 1 fully saturated rings. The fraction of sp³-hybridized carbons (Fsp3) is 0.556. The van der Waals surface area contributed by atoms with Gasteiger partial charge in [0.15, 0.2) is 5.69 Å². The Labute approximate surface area is 157 Å². The first-order valence-corrected chi connectivity index (χ1v) is 9.32. The monoisotopic (exact) mass is 375 g/mol. The molecule has 27 heavy (non-hydrogen) atoms. The van der Waals surface area contributed by atoms with Gasteiger partial charge < -0.3 is 19.4 Å². The summed E-state index contributed by atoms with van der Waals surface area (Å²) in [5, 5.41) is 10.7. The van der Waals surface area contributed by atoms with E-state index in [0.717, 1.165) is 19.6 Å². The van der Waals surface area contributed by atoms with Crippen molar-refractivity contribution in [3.8, 4) is 0 Å². The molecule has 1 aliphatic rings. The van der Waals surface area contributed by atoms with E-state index in [4.69, 9.17) is 9.15 Å². The van der Waals surface area contributed by atoms with Gasteiger partial charge in [0.05, 0.1) is 25.9 Å². The van der Waals surface area contributed by atoms with Gasteiger partial charge in [0, 0.05) is 6.54 Å². The third kappa shape index (κ3) is 5.40. The number of nitrogens with zero attached hydrogens (tertiary/aromatic N) is 4. The number of ether oxygens (including phenoxy) is 1. The highest BCUT2D eigenvalue weighted by molar-refractivity contribution is 5.91. The molecule has 2 aromatic rings. The summed E-state index contributed by atoms with van der Waals surface area (Å²) in [5.74, 6) is -0.284. The van der Waals surface area contributed by atoms with E-state index in [9.17, 15) is 9.59 Å². The van der Waals surface area contributed by atoms with Crippen molar-refractivity contribution in [1.29, 1.82) is 0 Å². The Morgan fingerprint density at radius 1 is 1.22 bits per heavy atom. The number of carbonyl (C=O) groups is 2. The van der Waals surface area contributed by atoms with Gasteiger partial charge in [-0.15, -0.1) is 5.10 Å². The first-order chi connectivity index (χ1) is 13.2. The zero-order chi connectivity index (χ0) is 19.1. The van der Waals surface area contributed by atoms with Crippen LogP contribution in [0.2, 0.25) is 0 Å². The average molecular weight is 375 g/mol. The molecule has 0 aliphatic carbocycles. The molecule has 3 rings (SSSR count). The number of hydrogen-bond donors (Lipinski definition) is 1. The fourth-order valence-corrected chi connectivity index (χ4v) is 2.98. The molecule has 9 heteroatoms. The lowest BCUT2D eigenvalue weighted by Crippen LogP contribution is -2.32. The maximum atomic E-state index is 12.2. The summed E-state index contributed by atoms with van der Waals surface area (Å²) in [4.78, 5) is 26.2. The van der Waals surface area contributed by atoms with Crippen molar-refractivity contribution in [1.82, 2.24) is 25.2 Å². The van der Waals surface area contributed by atoms with Gasteiger partial charge in [0.25, 0.3) is 5.91 Å². The Kier molecular flexibility index (Phi) is 6.59. The van der Waals surface area contributed by atoms with Gasteiger partial charge >= 0.3 is 5.97 Å². The summed E-state index contributed by atoms with van der Waals surface area (Å²) in [7, 11) is 0. The first-order valence-electron chi connectivity index (χ1n) is 9.32. The lowest BCUT2D eigenvalue weighted by atomic mass is 10.1. The van der Waals surface area contributed by atoms with Gasteiger partial charge in [-0.1, -0.05) is 11.6 Å². The SMILES string of the molecule is CCOC(=O)c1ccc(CNC(=O)c2cn(CCN3CCCCC3)nn2)o1. The predicted octanol–water partition coefficient (Wildman–Crippen LogP) is 1.46. The van der Waals surface area contributed by atoms with E-state index in [0.29, 0.717) is 12.3 Å². The number of nitrogens with one attached hydrogen (secondary N) is 1. The zero-order valence-corrected chi connectivity index (χ0v) is 15.5. The van der Waals surface area contributed by atoms with Gasteiger partial charge in [-0.05, 0) is 45.0 Å². The summed E-state index contributed by atoms with van der Waals surface area (Å²) in [6.07, 6.45) is 5.44. The highest BCUT2D eigenvalue weighted by Crippen LogP contribution is 2.10. The Balaban J connectivity index is 1.45. The molecule has 0 bridgehead atoms.